The van der Waals surface area contributed by atoms with Crippen molar-refractivity contribution in [3.05, 3.63) is 54.1 Å². The van der Waals surface area contributed by atoms with Crippen LogP contribution in [0.2, 0.25) is 0 Å². The van der Waals surface area contributed by atoms with Gasteiger partial charge in [0.1, 0.15) is 6.54 Å². The van der Waals surface area contributed by atoms with Crippen LogP contribution in [-0.2, 0) is 9.59 Å². The number of benzene rings is 2. The monoisotopic (exact) mass is 369 g/mol. The molecule has 134 valence electrons. The normalized spacial score (nSPS) is 13.2. The summed E-state index contributed by atoms with van der Waals surface area (Å²) in [4.78, 5) is 41.0. The topological polar surface area (TPSA) is 69.7 Å². The van der Waals surface area contributed by atoms with E-state index < -0.39 is 0 Å². The van der Waals surface area contributed by atoms with Crippen LogP contribution in [0, 0.1) is 0 Å². The molecule has 1 aliphatic rings. The maximum Gasteiger partial charge on any atom is 0.255 e. The zero-order chi connectivity index (χ0) is 18.7. The first-order chi connectivity index (χ1) is 12.5. The van der Waals surface area contributed by atoms with E-state index in [1.807, 2.05) is 24.3 Å². The first-order valence-corrected chi connectivity index (χ1v) is 9.08. The third-order valence-electron chi connectivity index (χ3n) is 3.95. The number of thioether (sulfide) groups is 1. The summed E-state index contributed by atoms with van der Waals surface area (Å²) >= 11 is 1.47. The van der Waals surface area contributed by atoms with Gasteiger partial charge in [0.05, 0.1) is 22.7 Å². The molecule has 1 heterocycles. The van der Waals surface area contributed by atoms with Gasteiger partial charge < -0.3 is 15.1 Å². The molecule has 0 bridgehead atoms. The summed E-state index contributed by atoms with van der Waals surface area (Å²) in [6, 6.07) is 14.3. The molecule has 0 fully saturated rings. The summed E-state index contributed by atoms with van der Waals surface area (Å²) in [7, 11) is 3.31. The van der Waals surface area contributed by atoms with Gasteiger partial charge in [-0.05, 0) is 24.3 Å². The second kappa shape index (κ2) is 7.61. The fourth-order valence-electron chi connectivity index (χ4n) is 2.68. The van der Waals surface area contributed by atoms with Crippen LogP contribution in [-0.4, -0.2) is 49.0 Å². The first kappa shape index (κ1) is 18.0. The highest BCUT2D eigenvalue weighted by atomic mass is 32.2. The lowest BCUT2D eigenvalue weighted by Crippen LogP contribution is -2.41. The highest BCUT2D eigenvalue weighted by Crippen LogP contribution is 2.34. The van der Waals surface area contributed by atoms with E-state index in [0.29, 0.717) is 17.0 Å². The number of anilines is 2. The van der Waals surface area contributed by atoms with Gasteiger partial charge in [0.25, 0.3) is 5.91 Å². The summed E-state index contributed by atoms with van der Waals surface area (Å²) in [6.45, 7) is -0.0963. The molecule has 0 atom stereocenters. The van der Waals surface area contributed by atoms with E-state index in [4.69, 9.17) is 0 Å². The second-order valence-corrected chi connectivity index (χ2v) is 7.05. The average Bonchev–Trinajstić information content (AvgIpc) is 2.64. The van der Waals surface area contributed by atoms with E-state index in [0.717, 1.165) is 10.6 Å². The van der Waals surface area contributed by atoms with E-state index in [1.165, 1.54) is 21.6 Å². The molecule has 6 nitrogen and oxygen atoms in total. The van der Waals surface area contributed by atoms with Crippen LogP contribution in [0.15, 0.2) is 53.4 Å². The van der Waals surface area contributed by atoms with Crippen molar-refractivity contribution in [1.82, 2.24) is 4.90 Å². The molecule has 1 aliphatic heterocycles. The van der Waals surface area contributed by atoms with Crippen molar-refractivity contribution in [1.29, 1.82) is 0 Å². The Morgan fingerprint density at radius 2 is 1.81 bits per heavy atom. The van der Waals surface area contributed by atoms with Crippen LogP contribution in [0.3, 0.4) is 0 Å². The zero-order valence-corrected chi connectivity index (χ0v) is 15.4. The van der Waals surface area contributed by atoms with Crippen molar-refractivity contribution in [2.45, 2.75) is 4.90 Å². The quantitative estimate of drug-likeness (QED) is 0.899. The Bertz CT molecular complexity index is 867. The summed E-state index contributed by atoms with van der Waals surface area (Å²) < 4.78 is 0. The van der Waals surface area contributed by atoms with E-state index in [1.54, 1.807) is 38.4 Å². The van der Waals surface area contributed by atoms with Crippen LogP contribution in [0.4, 0.5) is 11.4 Å². The third-order valence-corrected chi connectivity index (χ3v) is 5.00. The van der Waals surface area contributed by atoms with E-state index >= 15 is 0 Å². The van der Waals surface area contributed by atoms with Crippen molar-refractivity contribution in [3.8, 4) is 0 Å². The number of carbonyl (C=O) groups is 3. The number of fused-ring (bicyclic) bond motifs is 1. The van der Waals surface area contributed by atoms with Gasteiger partial charge in [0.15, 0.2) is 0 Å². The summed E-state index contributed by atoms with van der Waals surface area (Å²) in [5.41, 5.74) is 1.58. The van der Waals surface area contributed by atoms with Gasteiger partial charge in [-0.25, -0.2) is 0 Å². The lowest BCUT2D eigenvalue weighted by atomic mass is 10.1. The Hall–Kier alpha value is -2.80. The van der Waals surface area contributed by atoms with Crippen LogP contribution in [0.5, 0.6) is 0 Å². The number of amides is 3. The molecule has 0 spiro atoms. The van der Waals surface area contributed by atoms with E-state index in [2.05, 4.69) is 5.32 Å². The Balaban J connectivity index is 1.79. The molecule has 26 heavy (non-hydrogen) atoms. The fraction of sp³-hybridized carbons (Fsp3) is 0.211. The van der Waals surface area contributed by atoms with Gasteiger partial charge in [0.2, 0.25) is 11.8 Å². The fourth-order valence-corrected chi connectivity index (χ4v) is 3.62. The minimum Gasteiger partial charge on any atom is -0.345 e. The molecular formula is C19H19N3O3S. The molecular weight excluding hydrogens is 350 g/mol. The number of hydrogen-bond donors (Lipinski definition) is 1. The van der Waals surface area contributed by atoms with E-state index in [9.17, 15) is 14.4 Å². The Morgan fingerprint density at radius 3 is 2.58 bits per heavy atom. The van der Waals surface area contributed by atoms with Crippen molar-refractivity contribution >= 4 is 40.9 Å². The highest BCUT2D eigenvalue weighted by molar-refractivity contribution is 8.00. The highest BCUT2D eigenvalue weighted by Gasteiger charge is 2.26. The lowest BCUT2D eigenvalue weighted by molar-refractivity contribution is -0.120. The van der Waals surface area contributed by atoms with Gasteiger partial charge >= 0.3 is 0 Å². The summed E-state index contributed by atoms with van der Waals surface area (Å²) in [6.07, 6.45) is 0. The van der Waals surface area contributed by atoms with Crippen LogP contribution in [0.1, 0.15) is 10.4 Å². The number of nitrogens with zero attached hydrogens (tertiary/aromatic N) is 2. The number of carbonyl (C=O) groups excluding carboxylic acids is 3. The van der Waals surface area contributed by atoms with Gasteiger partial charge in [-0.15, -0.1) is 11.8 Å². The van der Waals surface area contributed by atoms with Crippen molar-refractivity contribution in [3.63, 3.8) is 0 Å². The van der Waals surface area contributed by atoms with Crippen molar-refractivity contribution in [2.75, 3.05) is 36.6 Å². The predicted octanol–water partition coefficient (Wildman–Crippen LogP) is 2.47. The first-order valence-electron chi connectivity index (χ1n) is 8.10. The van der Waals surface area contributed by atoms with Crippen LogP contribution >= 0.6 is 11.8 Å². The number of para-hydroxylation sites is 2. The molecule has 0 saturated heterocycles. The Kier molecular flexibility index (Phi) is 5.27. The third kappa shape index (κ3) is 3.72. The molecule has 0 unspecified atom stereocenters. The largest absolute Gasteiger partial charge is 0.345 e. The molecule has 0 radical (unpaired) electrons. The molecule has 1 N–H and O–H groups in total. The molecule has 0 saturated carbocycles. The maximum atomic E-state index is 12.5. The van der Waals surface area contributed by atoms with Crippen LogP contribution < -0.4 is 10.2 Å². The van der Waals surface area contributed by atoms with Crippen molar-refractivity contribution in [2.24, 2.45) is 0 Å². The number of nitrogens with one attached hydrogen (secondary N) is 1. The average molecular weight is 369 g/mol. The summed E-state index contributed by atoms with van der Waals surface area (Å²) in [5.74, 6) is -0.350. The lowest BCUT2D eigenvalue weighted by Gasteiger charge is -2.28. The van der Waals surface area contributed by atoms with Gasteiger partial charge in [-0.3, -0.25) is 14.4 Å². The SMILES string of the molecule is CN(C)C(=O)c1ccccc1NC(=O)CN1C(=O)CSc2ccccc21. The maximum absolute atomic E-state index is 12.5. The number of rotatable bonds is 4. The second-order valence-electron chi connectivity index (χ2n) is 6.03. The standard InChI is InChI=1S/C19H19N3O3S/c1-21(2)19(25)13-7-3-4-8-14(13)20-17(23)11-22-15-9-5-6-10-16(15)26-12-18(22)24/h3-10H,11-12H2,1-2H3,(H,20,23). The zero-order valence-electron chi connectivity index (χ0n) is 14.6. The molecule has 0 aliphatic carbocycles. The summed E-state index contributed by atoms with van der Waals surface area (Å²) in [5, 5.41) is 2.76. The van der Waals surface area contributed by atoms with Crippen LogP contribution in [0.25, 0.3) is 0 Å². The minimum atomic E-state index is -0.348. The number of hydrogen-bond acceptors (Lipinski definition) is 4. The molecule has 3 rings (SSSR count). The molecule has 2 aromatic carbocycles. The molecule has 2 aromatic rings. The van der Waals surface area contributed by atoms with Gasteiger partial charge in [-0.2, -0.15) is 0 Å². The van der Waals surface area contributed by atoms with Gasteiger partial charge in [0, 0.05) is 19.0 Å². The van der Waals surface area contributed by atoms with E-state index in [-0.39, 0.29) is 24.3 Å². The Morgan fingerprint density at radius 1 is 1.12 bits per heavy atom. The minimum absolute atomic E-state index is 0.0963. The Labute approximate surface area is 156 Å². The predicted molar refractivity (Wildman–Crippen MR) is 103 cm³/mol. The molecule has 3 amide bonds. The van der Waals surface area contributed by atoms with Crippen molar-refractivity contribution < 1.29 is 14.4 Å². The smallest absolute Gasteiger partial charge is 0.255 e. The van der Waals surface area contributed by atoms with Gasteiger partial charge in [-0.1, -0.05) is 24.3 Å². The molecule has 7 heteroatoms. The molecule has 0 aromatic heterocycles.